The van der Waals surface area contributed by atoms with E-state index >= 15 is 0 Å². The SMILES string of the molecule is CC(SCC(=O)N1CCCC1c1cccs1)c1nc2ccccc2[nH]1. The van der Waals surface area contributed by atoms with E-state index in [9.17, 15) is 4.79 Å². The summed E-state index contributed by atoms with van der Waals surface area (Å²) in [6.45, 7) is 2.98. The zero-order valence-corrected chi connectivity index (χ0v) is 15.8. The molecule has 0 aliphatic carbocycles. The Morgan fingerprint density at radius 1 is 1.40 bits per heavy atom. The Balaban J connectivity index is 1.39. The quantitative estimate of drug-likeness (QED) is 0.702. The standard InChI is InChI=1S/C19H21N3OS2/c1-13(19-20-14-6-2-3-7-15(14)21-19)25-12-18(23)22-10-4-8-16(22)17-9-5-11-24-17/h2-3,5-7,9,11,13,16H,4,8,10,12H2,1H3,(H,20,21). The van der Waals surface area contributed by atoms with E-state index in [1.165, 1.54) is 4.88 Å². The van der Waals surface area contributed by atoms with Crippen LogP contribution in [0.4, 0.5) is 0 Å². The van der Waals surface area contributed by atoms with Gasteiger partial charge in [0.2, 0.25) is 5.91 Å². The third-order valence-corrected chi connectivity index (χ3v) is 6.80. The lowest BCUT2D eigenvalue weighted by molar-refractivity contribution is -0.129. The normalized spacial score (nSPS) is 18.8. The van der Waals surface area contributed by atoms with Crippen molar-refractivity contribution >= 4 is 40.0 Å². The highest BCUT2D eigenvalue weighted by atomic mass is 32.2. The van der Waals surface area contributed by atoms with Crippen LogP contribution in [-0.2, 0) is 4.79 Å². The van der Waals surface area contributed by atoms with Gasteiger partial charge in [-0.2, -0.15) is 0 Å². The zero-order chi connectivity index (χ0) is 17.2. The van der Waals surface area contributed by atoms with E-state index in [-0.39, 0.29) is 17.2 Å². The number of hydrogen-bond donors (Lipinski definition) is 1. The molecule has 1 aliphatic rings. The number of H-pyrrole nitrogens is 1. The Bertz CT molecular complexity index is 826. The molecule has 2 unspecified atom stereocenters. The summed E-state index contributed by atoms with van der Waals surface area (Å²) in [5, 5.41) is 2.26. The summed E-state index contributed by atoms with van der Waals surface area (Å²) in [7, 11) is 0. The van der Waals surface area contributed by atoms with E-state index in [0.29, 0.717) is 5.75 Å². The summed E-state index contributed by atoms with van der Waals surface area (Å²) in [5.41, 5.74) is 2.03. The number of aromatic nitrogens is 2. The number of hydrogen-bond acceptors (Lipinski definition) is 4. The van der Waals surface area contributed by atoms with Gasteiger partial charge >= 0.3 is 0 Å². The Morgan fingerprint density at radius 3 is 3.08 bits per heavy atom. The maximum absolute atomic E-state index is 12.7. The molecular formula is C19H21N3OS2. The number of nitrogens with zero attached hydrogens (tertiary/aromatic N) is 2. The van der Waals surface area contributed by atoms with Crippen molar-refractivity contribution in [2.75, 3.05) is 12.3 Å². The first-order valence-corrected chi connectivity index (χ1v) is 10.5. The molecule has 1 amide bonds. The van der Waals surface area contributed by atoms with Gasteiger partial charge in [0.1, 0.15) is 5.82 Å². The maximum atomic E-state index is 12.7. The molecule has 1 aliphatic heterocycles. The van der Waals surface area contributed by atoms with Crippen LogP contribution < -0.4 is 0 Å². The minimum Gasteiger partial charge on any atom is -0.341 e. The topological polar surface area (TPSA) is 49.0 Å². The van der Waals surface area contributed by atoms with E-state index in [0.717, 1.165) is 36.2 Å². The van der Waals surface area contributed by atoms with Gasteiger partial charge in [0.25, 0.3) is 0 Å². The van der Waals surface area contributed by atoms with Gasteiger partial charge in [0, 0.05) is 11.4 Å². The van der Waals surface area contributed by atoms with Crippen LogP contribution in [-0.4, -0.2) is 33.1 Å². The number of thioether (sulfide) groups is 1. The lowest BCUT2D eigenvalue weighted by Gasteiger charge is -2.24. The van der Waals surface area contributed by atoms with Gasteiger partial charge in [-0.3, -0.25) is 4.79 Å². The fraction of sp³-hybridized carbons (Fsp3) is 0.368. The monoisotopic (exact) mass is 371 g/mol. The Hall–Kier alpha value is -1.79. The van der Waals surface area contributed by atoms with Gasteiger partial charge in [-0.05, 0) is 43.3 Å². The first kappa shape index (κ1) is 16.7. The van der Waals surface area contributed by atoms with E-state index in [2.05, 4.69) is 39.3 Å². The van der Waals surface area contributed by atoms with E-state index in [1.54, 1.807) is 23.1 Å². The van der Waals surface area contributed by atoms with Crippen molar-refractivity contribution in [3.8, 4) is 0 Å². The predicted molar refractivity (Wildman–Crippen MR) is 105 cm³/mol. The number of amides is 1. The number of imidazole rings is 1. The first-order chi connectivity index (χ1) is 12.2. The minimum absolute atomic E-state index is 0.166. The molecule has 3 heterocycles. The number of carbonyl (C=O) groups excluding carboxylic acids is 1. The second-order valence-corrected chi connectivity index (χ2v) is 8.66. The maximum Gasteiger partial charge on any atom is 0.233 e. The first-order valence-electron chi connectivity index (χ1n) is 8.61. The van der Waals surface area contributed by atoms with E-state index < -0.39 is 0 Å². The number of thiophene rings is 1. The Labute approximate surface area is 155 Å². The summed E-state index contributed by atoms with van der Waals surface area (Å²) in [6, 6.07) is 12.5. The minimum atomic E-state index is 0.166. The van der Waals surface area contributed by atoms with Gasteiger partial charge in [-0.15, -0.1) is 23.1 Å². The van der Waals surface area contributed by atoms with Crippen LogP contribution in [0.25, 0.3) is 11.0 Å². The molecule has 3 aromatic rings. The van der Waals surface area contributed by atoms with Crippen molar-refractivity contribution in [2.24, 2.45) is 0 Å². The van der Waals surface area contributed by atoms with Crippen molar-refractivity contribution in [1.82, 2.24) is 14.9 Å². The van der Waals surface area contributed by atoms with Gasteiger partial charge < -0.3 is 9.88 Å². The molecule has 0 spiro atoms. The molecule has 4 rings (SSSR count). The molecule has 0 radical (unpaired) electrons. The van der Waals surface area contributed by atoms with Crippen LogP contribution in [0.2, 0.25) is 0 Å². The molecule has 4 nitrogen and oxygen atoms in total. The zero-order valence-electron chi connectivity index (χ0n) is 14.1. The molecule has 1 saturated heterocycles. The van der Waals surface area contributed by atoms with Crippen molar-refractivity contribution in [3.05, 3.63) is 52.5 Å². The van der Waals surface area contributed by atoms with Crippen LogP contribution in [0.3, 0.4) is 0 Å². The fourth-order valence-corrected chi connectivity index (χ4v) is 5.07. The smallest absolute Gasteiger partial charge is 0.233 e. The molecule has 1 N–H and O–H groups in total. The second kappa shape index (κ2) is 7.22. The van der Waals surface area contributed by atoms with Crippen molar-refractivity contribution < 1.29 is 4.79 Å². The molecule has 6 heteroatoms. The lowest BCUT2D eigenvalue weighted by Crippen LogP contribution is -2.31. The third kappa shape index (κ3) is 3.46. The molecule has 2 atom stereocenters. The van der Waals surface area contributed by atoms with Gasteiger partial charge in [0.15, 0.2) is 0 Å². The predicted octanol–water partition coefficient (Wildman–Crippen LogP) is 4.78. The number of para-hydroxylation sites is 2. The summed E-state index contributed by atoms with van der Waals surface area (Å²) < 4.78 is 0. The highest BCUT2D eigenvalue weighted by Crippen LogP contribution is 2.36. The van der Waals surface area contributed by atoms with Crippen molar-refractivity contribution in [1.29, 1.82) is 0 Å². The number of rotatable bonds is 5. The Kier molecular flexibility index (Phi) is 4.81. The summed E-state index contributed by atoms with van der Waals surface area (Å²) in [5.74, 6) is 1.68. The number of nitrogens with one attached hydrogen (secondary N) is 1. The molecular weight excluding hydrogens is 350 g/mol. The number of aromatic amines is 1. The highest BCUT2D eigenvalue weighted by Gasteiger charge is 2.30. The number of fused-ring (bicyclic) bond motifs is 1. The van der Waals surface area contributed by atoms with Crippen molar-refractivity contribution in [2.45, 2.75) is 31.1 Å². The number of likely N-dealkylation sites (tertiary alicyclic amines) is 1. The van der Waals surface area contributed by atoms with Gasteiger partial charge in [-0.1, -0.05) is 18.2 Å². The summed E-state index contributed by atoms with van der Waals surface area (Å²) in [4.78, 5) is 24.1. The molecule has 2 aromatic heterocycles. The largest absolute Gasteiger partial charge is 0.341 e. The molecule has 1 fully saturated rings. The third-order valence-electron chi connectivity index (χ3n) is 4.69. The Morgan fingerprint density at radius 2 is 2.28 bits per heavy atom. The average molecular weight is 372 g/mol. The van der Waals surface area contributed by atoms with Crippen molar-refractivity contribution in [3.63, 3.8) is 0 Å². The summed E-state index contributed by atoms with van der Waals surface area (Å²) >= 11 is 3.41. The van der Waals surface area contributed by atoms with Crippen LogP contribution in [0.15, 0.2) is 41.8 Å². The van der Waals surface area contributed by atoms with E-state index in [1.807, 2.05) is 24.3 Å². The average Bonchev–Trinajstić information content (AvgIpc) is 3.38. The van der Waals surface area contributed by atoms with Gasteiger partial charge in [0.05, 0.1) is 28.1 Å². The summed E-state index contributed by atoms with van der Waals surface area (Å²) in [6.07, 6.45) is 2.17. The van der Waals surface area contributed by atoms with Crippen LogP contribution >= 0.6 is 23.1 Å². The number of benzene rings is 1. The van der Waals surface area contributed by atoms with Crippen LogP contribution in [0, 0.1) is 0 Å². The molecule has 130 valence electrons. The molecule has 25 heavy (non-hydrogen) atoms. The fourth-order valence-electron chi connectivity index (χ4n) is 3.37. The van der Waals surface area contributed by atoms with E-state index in [4.69, 9.17) is 0 Å². The highest BCUT2D eigenvalue weighted by molar-refractivity contribution is 8.00. The number of carbonyl (C=O) groups is 1. The van der Waals surface area contributed by atoms with Crippen LogP contribution in [0.5, 0.6) is 0 Å². The second-order valence-electron chi connectivity index (χ2n) is 6.35. The molecule has 0 bridgehead atoms. The van der Waals surface area contributed by atoms with Crippen LogP contribution in [0.1, 0.15) is 41.8 Å². The molecule has 0 saturated carbocycles. The van der Waals surface area contributed by atoms with Gasteiger partial charge in [-0.25, -0.2) is 4.98 Å². The molecule has 1 aromatic carbocycles. The lowest BCUT2D eigenvalue weighted by atomic mass is 10.2.